The van der Waals surface area contributed by atoms with Crippen LogP contribution in [0.2, 0.25) is 0 Å². The zero-order chi connectivity index (χ0) is 18.4. The molecule has 2 aromatic heterocycles. The van der Waals surface area contributed by atoms with E-state index in [0.717, 1.165) is 5.75 Å². The summed E-state index contributed by atoms with van der Waals surface area (Å²) in [5, 5.41) is 23.0. The molecule has 2 N–H and O–H groups in total. The maximum Gasteiger partial charge on any atom is 0.188 e. The molecule has 8 nitrogen and oxygen atoms in total. The average molecular weight is 356 g/mol. The maximum atomic E-state index is 9.37. The molecule has 0 fully saturated rings. The summed E-state index contributed by atoms with van der Waals surface area (Å²) in [5.41, 5.74) is 0.552. The van der Waals surface area contributed by atoms with Gasteiger partial charge in [0, 0.05) is 0 Å². The molecule has 0 unspecified atom stereocenters. The highest BCUT2D eigenvalue weighted by atomic mass is 16.5. The van der Waals surface area contributed by atoms with Gasteiger partial charge in [0.25, 0.3) is 0 Å². The number of nitrogens with zero attached hydrogens (tertiary/aromatic N) is 4. The van der Waals surface area contributed by atoms with E-state index in [1.54, 1.807) is 10.7 Å². The first kappa shape index (κ1) is 17.7. The Morgan fingerprint density at radius 2 is 1.77 bits per heavy atom. The normalized spacial score (nSPS) is 10.7. The van der Waals surface area contributed by atoms with Crippen molar-refractivity contribution in [3.05, 3.63) is 48.4 Å². The van der Waals surface area contributed by atoms with Crippen LogP contribution in [-0.2, 0) is 13.2 Å². The van der Waals surface area contributed by atoms with Gasteiger partial charge >= 0.3 is 0 Å². The van der Waals surface area contributed by atoms with Gasteiger partial charge in [0.2, 0.25) is 0 Å². The van der Waals surface area contributed by atoms with E-state index in [1.165, 1.54) is 12.3 Å². The molecule has 0 aliphatic rings. The Morgan fingerprint density at radius 3 is 2.38 bits per heavy atom. The van der Waals surface area contributed by atoms with E-state index in [-0.39, 0.29) is 25.5 Å². The molecular formula is C18H20N4O4. The number of pyridine rings is 1. The number of hydrogen-bond donors (Lipinski definition) is 2. The van der Waals surface area contributed by atoms with Crippen LogP contribution in [0.25, 0.3) is 11.5 Å². The number of rotatable bonds is 8. The first-order valence-electron chi connectivity index (χ1n) is 8.25. The average Bonchev–Trinajstić information content (AvgIpc) is 3.05. The van der Waals surface area contributed by atoms with E-state index in [2.05, 4.69) is 15.1 Å². The number of aliphatic hydroxyl groups is 1. The highest BCUT2D eigenvalue weighted by Gasteiger charge is 2.13. The van der Waals surface area contributed by atoms with Gasteiger partial charge in [-0.05, 0) is 43.3 Å². The lowest BCUT2D eigenvalue weighted by molar-refractivity contribution is 0.266. The summed E-state index contributed by atoms with van der Waals surface area (Å²) < 4.78 is 12.7. The van der Waals surface area contributed by atoms with Crippen molar-refractivity contribution in [2.75, 3.05) is 13.2 Å². The molecular weight excluding hydrogens is 336 g/mol. The largest absolute Gasteiger partial charge is 0.506 e. The summed E-state index contributed by atoms with van der Waals surface area (Å²) in [6, 6.07) is 10.5. The van der Waals surface area contributed by atoms with Gasteiger partial charge in [-0.15, -0.1) is 0 Å². The van der Waals surface area contributed by atoms with Gasteiger partial charge in [-0.1, -0.05) is 0 Å². The minimum absolute atomic E-state index is 0.0704. The van der Waals surface area contributed by atoms with Crippen molar-refractivity contribution in [1.29, 1.82) is 0 Å². The third-order valence-electron chi connectivity index (χ3n) is 3.51. The molecule has 26 heavy (non-hydrogen) atoms. The lowest BCUT2D eigenvalue weighted by Crippen LogP contribution is -2.07. The summed E-state index contributed by atoms with van der Waals surface area (Å²) in [6.45, 7) is 2.93. The highest BCUT2D eigenvalue weighted by molar-refractivity contribution is 5.50. The molecule has 0 amide bonds. The Morgan fingerprint density at radius 1 is 1.04 bits per heavy atom. The molecule has 8 heteroatoms. The van der Waals surface area contributed by atoms with Crippen molar-refractivity contribution in [3.63, 3.8) is 0 Å². The standard InChI is InChI=1S/C18H20N4O4/c1-2-25-14-4-6-15(7-5-14)26-12-17-20-18(22(21-17)9-10-23)16-8-3-13(24)11-19-16/h3-8,11,23-24H,2,9-10,12H2,1H3. The number of benzene rings is 1. The van der Waals surface area contributed by atoms with Gasteiger partial charge in [-0.25, -0.2) is 14.6 Å². The van der Waals surface area contributed by atoms with E-state index in [1.807, 2.05) is 31.2 Å². The van der Waals surface area contributed by atoms with Crippen molar-refractivity contribution in [3.8, 4) is 28.8 Å². The van der Waals surface area contributed by atoms with E-state index in [9.17, 15) is 10.2 Å². The fourth-order valence-electron chi connectivity index (χ4n) is 2.36. The van der Waals surface area contributed by atoms with Crippen LogP contribution in [0.1, 0.15) is 12.7 Å². The van der Waals surface area contributed by atoms with Crippen LogP contribution in [-0.4, -0.2) is 43.2 Å². The minimum atomic E-state index is -0.0758. The first-order chi connectivity index (χ1) is 12.7. The van der Waals surface area contributed by atoms with Crippen LogP contribution in [0, 0.1) is 0 Å². The molecule has 0 aliphatic carbocycles. The van der Waals surface area contributed by atoms with Crippen LogP contribution in [0.5, 0.6) is 17.2 Å². The van der Waals surface area contributed by atoms with Crippen LogP contribution in [0.15, 0.2) is 42.6 Å². The van der Waals surface area contributed by atoms with Gasteiger partial charge in [0.05, 0.1) is 26.0 Å². The van der Waals surface area contributed by atoms with Crippen molar-refractivity contribution in [2.24, 2.45) is 0 Å². The van der Waals surface area contributed by atoms with E-state index < -0.39 is 0 Å². The van der Waals surface area contributed by atoms with Gasteiger partial charge < -0.3 is 19.7 Å². The van der Waals surface area contributed by atoms with Crippen LogP contribution in [0.4, 0.5) is 0 Å². The molecule has 0 saturated carbocycles. The number of hydrogen-bond acceptors (Lipinski definition) is 7. The summed E-state index contributed by atoms with van der Waals surface area (Å²) in [5.74, 6) is 2.50. The Bertz CT molecular complexity index is 831. The number of aliphatic hydroxyl groups excluding tert-OH is 1. The highest BCUT2D eigenvalue weighted by Crippen LogP contribution is 2.20. The predicted octanol–water partition coefficient (Wildman–Crippen LogP) is 2.02. The summed E-state index contributed by atoms with van der Waals surface area (Å²) >= 11 is 0. The first-order valence-corrected chi connectivity index (χ1v) is 8.25. The SMILES string of the molecule is CCOc1ccc(OCc2nc(-c3ccc(O)cn3)n(CCO)n2)cc1. The minimum Gasteiger partial charge on any atom is -0.506 e. The third-order valence-corrected chi connectivity index (χ3v) is 3.51. The Labute approximate surface area is 150 Å². The summed E-state index contributed by atoms with van der Waals surface area (Å²) in [4.78, 5) is 8.58. The van der Waals surface area contributed by atoms with Gasteiger partial charge in [0.1, 0.15) is 29.5 Å². The predicted molar refractivity (Wildman–Crippen MR) is 93.9 cm³/mol. The third kappa shape index (κ3) is 4.28. The fraction of sp³-hybridized carbons (Fsp3) is 0.278. The molecule has 0 saturated heterocycles. The quantitative estimate of drug-likeness (QED) is 0.636. The number of aromatic hydroxyl groups is 1. The molecule has 0 atom stereocenters. The monoisotopic (exact) mass is 356 g/mol. The summed E-state index contributed by atoms with van der Waals surface area (Å²) in [6.07, 6.45) is 1.34. The molecule has 0 radical (unpaired) electrons. The smallest absolute Gasteiger partial charge is 0.188 e. The second kappa shape index (κ2) is 8.30. The zero-order valence-electron chi connectivity index (χ0n) is 14.4. The summed E-state index contributed by atoms with van der Waals surface area (Å²) in [7, 11) is 0. The Kier molecular flexibility index (Phi) is 5.65. The van der Waals surface area contributed by atoms with E-state index >= 15 is 0 Å². The fourth-order valence-corrected chi connectivity index (χ4v) is 2.36. The van der Waals surface area contributed by atoms with E-state index in [0.29, 0.717) is 29.7 Å². The maximum absolute atomic E-state index is 9.37. The number of ether oxygens (including phenoxy) is 2. The molecule has 3 aromatic rings. The molecule has 3 rings (SSSR count). The van der Waals surface area contributed by atoms with Crippen molar-refractivity contribution in [2.45, 2.75) is 20.1 Å². The zero-order valence-corrected chi connectivity index (χ0v) is 14.4. The van der Waals surface area contributed by atoms with Gasteiger partial charge in [0.15, 0.2) is 11.6 Å². The van der Waals surface area contributed by atoms with Crippen LogP contribution in [0.3, 0.4) is 0 Å². The molecule has 136 valence electrons. The topological polar surface area (TPSA) is 103 Å². The molecule has 0 spiro atoms. The van der Waals surface area contributed by atoms with Crippen LogP contribution < -0.4 is 9.47 Å². The van der Waals surface area contributed by atoms with Crippen molar-refractivity contribution < 1.29 is 19.7 Å². The molecule has 2 heterocycles. The molecule has 0 aliphatic heterocycles. The lowest BCUT2D eigenvalue weighted by atomic mass is 10.3. The lowest BCUT2D eigenvalue weighted by Gasteiger charge is -2.05. The Balaban J connectivity index is 1.73. The number of aromatic nitrogens is 4. The van der Waals surface area contributed by atoms with Crippen molar-refractivity contribution >= 4 is 0 Å². The second-order valence-corrected chi connectivity index (χ2v) is 5.39. The van der Waals surface area contributed by atoms with Gasteiger partial charge in [-0.3, -0.25) is 0 Å². The Hall–Kier alpha value is -3.13. The van der Waals surface area contributed by atoms with E-state index in [4.69, 9.17) is 9.47 Å². The second-order valence-electron chi connectivity index (χ2n) is 5.39. The van der Waals surface area contributed by atoms with Gasteiger partial charge in [-0.2, -0.15) is 5.10 Å². The molecule has 0 bridgehead atoms. The molecule has 1 aromatic carbocycles. The van der Waals surface area contributed by atoms with Crippen molar-refractivity contribution in [1.82, 2.24) is 19.7 Å². The van der Waals surface area contributed by atoms with Crippen LogP contribution >= 0.6 is 0 Å².